The number of phenols is 1. The molecule has 0 atom stereocenters. The van der Waals surface area contributed by atoms with E-state index < -0.39 is 11.9 Å². The number of phenolic OH excluding ortho intramolecular Hbond substituents is 1. The molecule has 0 saturated carbocycles. The molecule has 0 unspecified atom stereocenters. The number of carbonyl (C=O) groups is 2. The van der Waals surface area contributed by atoms with Crippen LogP contribution in [0.25, 0.3) is 11.3 Å². The van der Waals surface area contributed by atoms with Crippen LogP contribution < -0.4 is 0 Å². The van der Waals surface area contributed by atoms with Gasteiger partial charge in [-0.3, -0.25) is 0 Å². The highest BCUT2D eigenvalue weighted by Crippen LogP contribution is 2.36. The van der Waals surface area contributed by atoms with Crippen LogP contribution in [0.15, 0.2) is 24.3 Å². The molecule has 0 spiro atoms. The van der Waals surface area contributed by atoms with E-state index in [-0.39, 0.29) is 17.0 Å². The summed E-state index contributed by atoms with van der Waals surface area (Å²) >= 11 is 0. The van der Waals surface area contributed by atoms with Crippen molar-refractivity contribution in [2.75, 3.05) is 14.2 Å². The number of benzene rings is 1. The molecule has 116 valence electrons. The van der Waals surface area contributed by atoms with Gasteiger partial charge in [0, 0.05) is 12.6 Å². The average molecular weight is 303 g/mol. The summed E-state index contributed by atoms with van der Waals surface area (Å²) in [6.45, 7) is 1.64. The zero-order chi connectivity index (χ0) is 16.4. The predicted octanol–water partition coefficient (Wildman–Crippen LogP) is 2.28. The minimum Gasteiger partial charge on any atom is -0.507 e. The number of para-hydroxylation sites is 1. The van der Waals surface area contributed by atoms with E-state index in [9.17, 15) is 14.7 Å². The van der Waals surface area contributed by atoms with Gasteiger partial charge >= 0.3 is 11.9 Å². The molecule has 22 heavy (non-hydrogen) atoms. The fourth-order valence-electron chi connectivity index (χ4n) is 2.55. The van der Waals surface area contributed by atoms with E-state index in [1.807, 2.05) is 0 Å². The number of esters is 2. The molecule has 1 aromatic heterocycles. The van der Waals surface area contributed by atoms with E-state index in [1.165, 1.54) is 24.9 Å². The lowest BCUT2D eigenvalue weighted by atomic mass is 10.0. The van der Waals surface area contributed by atoms with E-state index in [0.29, 0.717) is 16.8 Å². The van der Waals surface area contributed by atoms with Crippen LogP contribution in [-0.2, 0) is 16.5 Å². The number of nitrogens with zero attached hydrogens (tertiary/aromatic N) is 1. The third-order valence-electron chi connectivity index (χ3n) is 3.57. The Kier molecular flexibility index (Phi) is 4.21. The van der Waals surface area contributed by atoms with Gasteiger partial charge in [-0.1, -0.05) is 12.1 Å². The van der Waals surface area contributed by atoms with Crippen LogP contribution in [0.4, 0.5) is 0 Å². The first-order valence-corrected chi connectivity index (χ1v) is 6.58. The molecule has 1 heterocycles. The van der Waals surface area contributed by atoms with Crippen molar-refractivity contribution in [3.05, 3.63) is 41.1 Å². The quantitative estimate of drug-likeness (QED) is 0.880. The Labute approximate surface area is 127 Å². The molecule has 6 heteroatoms. The van der Waals surface area contributed by atoms with Crippen LogP contribution in [0.3, 0.4) is 0 Å². The Morgan fingerprint density at radius 2 is 1.68 bits per heavy atom. The van der Waals surface area contributed by atoms with Crippen LogP contribution in [0.1, 0.15) is 26.4 Å². The van der Waals surface area contributed by atoms with Gasteiger partial charge in [0.05, 0.1) is 25.5 Å². The fraction of sp³-hybridized carbons (Fsp3) is 0.250. The Morgan fingerprint density at radius 3 is 2.23 bits per heavy atom. The molecular formula is C16H17NO5. The molecule has 1 aromatic carbocycles. The highest BCUT2D eigenvalue weighted by Gasteiger charge is 2.29. The number of aromatic hydroxyl groups is 1. The lowest BCUT2D eigenvalue weighted by Gasteiger charge is -2.09. The van der Waals surface area contributed by atoms with Gasteiger partial charge in [0.25, 0.3) is 0 Å². The molecular weight excluding hydrogens is 286 g/mol. The normalized spacial score (nSPS) is 10.4. The monoisotopic (exact) mass is 303 g/mol. The summed E-state index contributed by atoms with van der Waals surface area (Å²) in [5.41, 5.74) is 1.75. The molecule has 0 radical (unpaired) electrons. The molecule has 0 fully saturated rings. The highest BCUT2D eigenvalue weighted by molar-refractivity contribution is 6.04. The third-order valence-corrected chi connectivity index (χ3v) is 3.57. The van der Waals surface area contributed by atoms with E-state index in [0.717, 1.165) is 0 Å². The van der Waals surface area contributed by atoms with Crippen molar-refractivity contribution in [2.24, 2.45) is 7.05 Å². The van der Waals surface area contributed by atoms with Crippen molar-refractivity contribution in [2.45, 2.75) is 6.92 Å². The van der Waals surface area contributed by atoms with Crippen LogP contribution >= 0.6 is 0 Å². The number of rotatable bonds is 3. The van der Waals surface area contributed by atoms with Gasteiger partial charge in [0.15, 0.2) is 0 Å². The number of hydrogen-bond acceptors (Lipinski definition) is 5. The summed E-state index contributed by atoms with van der Waals surface area (Å²) in [6, 6.07) is 6.58. The molecule has 0 bridgehead atoms. The molecule has 0 aliphatic carbocycles. The first-order chi connectivity index (χ1) is 10.4. The second kappa shape index (κ2) is 5.93. The van der Waals surface area contributed by atoms with Crippen molar-refractivity contribution < 1.29 is 24.2 Å². The van der Waals surface area contributed by atoms with E-state index in [2.05, 4.69) is 0 Å². The van der Waals surface area contributed by atoms with Gasteiger partial charge in [-0.25, -0.2) is 9.59 Å². The van der Waals surface area contributed by atoms with Gasteiger partial charge in [0.2, 0.25) is 0 Å². The highest BCUT2D eigenvalue weighted by atomic mass is 16.5. The van der Waals surface area contributed by atoms with Gasteiger partial charge in [0.1, 0.15) is 11.4 Å². The molecule has 0 amide bonds. The minimum absolute atomic E-state index is 0.00432. The maximum Gasteiger partial charge on any atom is 0.354 e. The van der Waals surface area contributed by atoms with E-state index in [1.54, 1.807) is 32.2 Å². The Bertz CT molecular complexity index is 745. The molecule has 0 saturated heterocycles. The predicted molar refractivity (Wildman–Crippen MR) is 79.9 cm³/mol. The molecule has 2 aromatic rings. The van der Waals surface area contributed by atoms with Crippen LogP contribution in [0.2, 0.25) is 0 Å². The zero-order valence-corrected chi connectivity index (χ0v) is 12.8. The standard InChI is InChI=1S/C16H17NO5/c1-9-12(15(19)21-3)14(10-7-5-6-8-11(10)18)17(2)13(9)16(20)22-4/h5-8,18H,1-4H3. The second-order valence-corrected chi connectivity index (χ2v) is 4.76. The Balaban J connectivity index is 2.85. The van der Waals surface area contributed by atoms with E-state index >= 15 is 0 Å². The van der Waals surface area contributed by atoms with Crippen molar-refractivity contribution in [3.8, 4) is 17.0 Å². The lowest BCUT2D eigenvalue weighted by Crippen LogP contribution is -2.09. The van der Waals surface area contributed by atoms with Crippen molar-refractivity contribution >= 4 is 11.9 Å². The van der Waals surface area contributed by atoms with Gasteiger partial charge in [-0.15, -0.1) is 0 Å². The average Bonchev–Trinajstić information content (AvgIpc) is 2.77. The Morgan fingerprint density at radius 1 is 1.09 bits per heavy atom. The molecule has 2 rings (SSSR count). The maximum absolute atomic E-state index is 12.1. The topological polar surface area (TPSA) is 77.8 Å². The van der Waals surface area contributed by atoms with Crippen LogP contribution in [-0.4, -0.2) is 35.8 Å². The second-order valence-electron chi connectivity index (χ2n) is 4.76. The summed E-state index contributed by atoms with van der Waals surface area (Å²) < 4.78 is 11.1. The van der Waals surface area contributed by atoms with Gasteiger partial charge in [-0.2, -0.15) is 0 Å². The summed E-state index contributed by atoms with van der Waals surface area (Å²) in [6.07, 6.45) is 0. The lowest BCUT2D eigenvalue weighted by molar-refractivity contribution is 0.0588. The van der Waals surface area contributed by atoms with Crippen LogP contribution in [0.5, 0.6) is 5.75 Å². The van der Waals surface area contributed by atoms with Crippen LogP contribution in [0, 0.1) is 6.92 Å². The maximum atomic E-state index is 12.1. The first-order valence-electron chi connectivity index (χ1n) is 6.58. The number of aromatic nitrogens is 1. The molecule has 6 nitrogen and oxygen atoms in total. The number of ether oxygens (including phenoxy) is 2. The summed E-state index contributed by atoms with van der Waals surface area (Å²) in [5.74, 6) is -1.14. The van der Waals surface area contributed by atoms with E-state index in [4.69, 9.17) is 9.47 Å². The number of carbonyl (C=O) groups excluding carboxylic acids is 2. The van der Waals surface area contributed by atoms with Gasteiger partial charge in [-0.05, 0) is 24.6 Å². The molecule has 0 aliphatic rings. The van der Waals surface area contributed by atoms with Crippen molar-refractivity contribution in [3.63, 3.8) is 0 Å². The largest absolute Gasteiger partial charge is 0.507 e. The number of hydrogen-bond donors (Lipinski definition) is 1. The number of methoxy groups -OCH3 is 2. The molecule has 1 N–H and O–H groups in total. The molecule has 0 aliphatic heterocycles. The van der Waals surface area contributed by atoms with Crippen molar-refractivity contribution in [1.29, 1.82) is 0 Å². The summed E-state index contributed by atoms with van der Waals surface area (Å²) in [7, 11) is 4.17. The third kappa shape index (κ3) is 2.32. The smallest absolute Gasteiger partial charge is 0.354 e. The summed E-state index contributed by atoms with van der Waals surface area (Å²) in [5, 5.41) is 10.1. The fourth-order valence-corrected chi connectivity index (χ4v) is 2.55. The minimum atomic E-state index is -0.582. The zero-order valence-electron chi connectivity index (χ0n) is 12.8. The summed E-state index contributed by atoms with van der Waals surface area (Å²) in [4.78, 5) is 24.1. The van der Waals surface area contributed by atoms with Crippen molar-refractivity contribution in [1.82, 2.24) is 4.57 Å². The Hall–Kier alpha value is -2.76. The first kappa shape index (κ1) is 15.6. The van der Waals surface area contributed by atoms with Gasteiger partial charge < -0.3 is 19.1 Å². The SMILES string of the molecule is COC(=O)c1c(C)c(C(=O)OC)n(C)c1-c1ccccc1O.